The fraction of sp³-hybridized carbons (Fsp3) is 0.310. The summed E-state index contributed by atoms with van der Waals surface area (Å²) in [5, 5.41) is 3.55. The number of nitrogens with one attached hydrogen (secondary N) is 1. The summed E-state index contributed by atoms with van der Waals surface area (Å²) in [7, 11) is -3.97. The number of anilines is 1. The highest BCUT2D eigenvalue weighted by atomic mass is 35.5. The Bertz CT molecular complexity index is 1440. The molecule has 0 aliphatic carbocycles. The molecule has 214 valence electrons. The second-order valence-corrected chi connectivity index (χ2v) is 13.0. The average Bonchev–Trinajstić information content (AvgIpc) is 2.89. The Kier molecular flexibility index (Phi) is 11.3. The van der Waals surface area contributed by atoms with Gasteiger partial charge in [0.15, 0.2) is 0 Å². The molecule has 0 heterocycles. The van der Waals surface area contributed by atoms with Gasteiger partial charge in [0.25, 0.3) is 0 Å². The Morgan fingerprint density at radius 2 is 1.55 bits per heavy atom. The van der Waals surface area contributed by atoms with E-state index >= 15 is 0 Å². The van der Waals surface area contributed by atoms with E-state index in [1.807, 2.05) is 44.2 Å². The van der Waals surface area contributed by atoms with Crippen molar-refractivity contribution in [3.63, 3.8) is 0 Å². The molecule has 0 aliphatic rings. The van der Waals surface area contributed by atoms with Crippen molar-refractivity contribution < 1.29 is 18.0 Å². The highest BCUT2D eigenvalue weighted by molar-refractivity contribution is 7.92. The van der Waals surface area contributed by atoms with Crippen molar-refractivity contribution in [2.45, 2.75) is 32.9 Å². The summed E-state index contributed by atoms with van der Waals surface area (Å²) in [6.45, 7) is 3.78. The molecule has 3 rings (SSSR count). The fourth-order valence-electron chi connectivity index (χ4n) is 4.09. The normalized spacial score (nSPS) is 12.2. The van der Waals surface area contributed by atoms with Crippen LogP contribution in [0.25, 0.3) is 0 Å². The maximum Gasteiger partial charge on any atom is 0.244 e. The molecule has 3 aromatic rings. The van der Waals surface area contributed by atoms with Gasteiger partial charge in [0.1, 0.15) is 12.6 Å². The van der Waals surface area contributed by atoms with Crippen molar-refractivity contribution in [1.82, 2.24) is 10.2 Å². The third-order valence-corrected chi connectivity index (χ3v) is 8.25. The van der Waals surface area contributed by atoms with Crippen LogP contribution in [-0.2, 0) is 32.6 Å². The molecule has 0 bridgehead atoms. The van der Waals surface area contributed by atoms with Crippen LogP contribution in [-0.4, -0.2) is 50.5 Å². The minimum absolute atomic E-state index is 0.000653. The molecule has 0 aliphatic heterocycles. The summed E-state index contributed by atoms with van der Waals surface area (Å²) < 4.78 is 26.7. The summed E-state index contributed by atoms with van der Waals surface area (Å²) in [5.74, 6) is -0.759. The minimum Gasteiger partial charge on any atom is -0.354 e. The van der Waals surface area contributed by atoms with Gasteiger partial charge in [0.2, 0.25) is 21.8 Å². The zero-order valence-electron chi connectivity index (χ0n) is 22.5. The molecule has 0 saturated heterocycles. The van der Waals surface area contributed by atoms with Crippen molar-refractivity contribution in [3.05, 3.63) is 99.0 Å². The standard InChI is InChI=1S/C29H32Cl3N3O4S/c1-20(2)17-33-29(37)26(16-21-9-5-4-6-10-21)34(18-22-11-7-12-23(30)15-22)27(36)19-35(40(3,38)39)25-14-8-13-24(31)28(25)32/h4-15,20,26H,16-19H2,1-3H3,(H,33,37). The van der Waals surface area contributed by atoms with Gasteiger partial charge in [-0.25, -0.2) is 8.42 Å². The molecule has 7 nitrogen and oxygen atoms in total. The summed E-state index contributed by atoms with van der Waals surface area (Å²) in [6.07, 6.45) is 1.20. The van der Waals surface area contributed by atoms with Crippen LogP contribution in [0.4, 0.5) is 5.69 Å². The van der Waals surface area contributed by atoms with Crippen molar-refractivity contribution in [3.8, 4) is 0 Å². The van der Waals surface area contributed by atoms with Crippen LogP contribution in [0, 0.1) is 5.92 Å². The second-order valence-electron chi connectivity index (χ2n) is 9.84. The Balaban J connectivity index is 2.07. The molecule has 0 fully saturated rings. The summed E-state index contributed by atoms with van der Waals surface area (Å²) in [5.41, 5.74) is 1.59. The molecule has 0 radical (unpaired) electrons. The molecule has 40 heavy (non-hydrogen) atoms. The van der Waals surface area contributed by atoms with Gasteiger partial charge in [0, 0.05) is 24.5 Å². The largest absolute Gasteiger partial charge is 0.354 e. The van der Waals surface area contributed by atoms with Gasteiger partial charge < -0.3 is 10.2 Å². The van der Waals surface area contributed by atoms with E-state index in [-0.39, 0.29) is 40.5 Å². The number of hydrogen-bond acceptors (Lipinski definition) is 4. The molecule has 1 atom stereocenters. The van der Waals surface area contributed by atoms with Crippen LogP contribution in [0.2, 0.25) is 15.1 Å². The zero-order valence-corrected chi connectivity index (χ0v) is 25.6. The van der Waals surface area contributed by atoms with Crippen LogP contribution in [0.15, 0.2) is 72.8 Å². The number of carbonyl (C=O) groups excluding carboxylic acids is 2. The number of hydrogen-bond donors (Lipinski definition) is 1. The lowest BCUT2D eigenvalue weighted by molar-refractivity contribution is -0.140. The van der Waals surface area contributed by atoms with Crippen LogP contribution < -0.4 is 9.62 Å². The van der Waals surface area contributed by atoms with Gasteiger partial charge >= 0.3 is 0 Å². The number of rotatable bonds is 12. The van der Waals surface area contributed by atoms with Crippen LogP contribution >= 0.6 is 34.8 Å². The molecule has 1 unspecified atom stereocenters. The molecular weight excluding hydrogens is 593 g/mol. The quantitative estimate of drug-likeness (QED) is 0.275. The number of sulfonamides is 1. The third-order valence-electron chi connectivity index (χ3n) is 6.08. The maximum atomic E-state index is 14.1. The lowest BCUT2D eigenvalue weighted by Gasteiger charge is -2.34. The van der Waals surface area contributed by atoms with Crippen LogP contribution in [0.5, 0.6) is 0 Å². The number of amides is 2. The lowest BCUT2D eigenvalue weighted by atomic mass is 10.0. The van der Waals surface area contributed by atoms with Crippen molar-refractivity contribution in [2.24, 2.45) is 5.92 Å². The minimum atomic E-state index is -3.97. The SMILES string of the molecule is CC(C)CNC(=O)C(Cc1ccccc1)N(Cc1cccc(Cl)c1)C(=O)CN(c1cccc(Cl)c1Cl)S(C)(=O)=O. The predicted molar refractivity (Wildman–Crippen MR) is 162 cm³/mol. The number of benzene rings is 3. The van der Waals surface area contributed by atoms with Crippen molar-refractivity contribution in [1.29, 1.82) is 0 Å². The monoisotopic (exact) mass is 623 g/mol. The summed E-state index contributed by atoms with van der Waals surface area (Å²) in [6, 6.07) is 19.9. The zero-order chi connectivity index (χ0) is 29.4. The highest BCUT2D eigenvalue weighted by Gasteiger charge is 2.33. The highest BCUT2D eigenvalue weighted by Crippen LogP contribution is 2.34. The first-order chi connectivity index (χ1) is 18.9. The topological polar surface area (TPSA) is 86.8 Å². The Labute approximate surface area is 251 Å². The van der Waals surface area contributed by atoms with Gasteiger partial charge in [-0.3, -0.25) is 13.9 Å². The molecule has 2 amide bonds. The fourth-order valence-corrected chi connectivity index (χ4v) is 5.60. The van der Waals surface area contributed by atoms with Gasteiger partial charge in [-0.1, -0.05) is 97.2 Å². The van der Waals surface area contributed by atoms with E-state index in [4.69, 9.17) is 34.8 Å². The molecule has 0 spiro atoms. The third kappa shape index (κ3) is 8.86. The Morgan fingerprint density at radius 3 is 2.17 bits per heavy atom. The number of carbonyl (C=O) groups is 2. The predicted octanol–water partition coefficient (Wildman–Crippen LogP) is 5.83. The van der Waals surface area contributed by atoms with Gasteiger partial charge in [0.05, 0.1) is 22.0 Å². The van der Waals surface area contributed by atoms with Crippen LogP contribution in [0.3, 0.4) is 0 Å². The van der Waals surface area contributed by atoms with Crippen molar-refractivity contribution in [2.75, 3.05) is 23.7 Å². The molecule has 0 aromatic heterocycles. The lowest BCUT2D eigenvalue weighted by Crippen LogP contribution is -2.53. The van der Waals surface area contributed by atoms with E-state index in [9.17, 15) is 18.0 Å². The maximum absolute atomic E-state index is 14.1. The Hall–Kier alpha value is -2.78. The van der Waals surface area contributed by atoms with Gasteiger partial charge in [-0.15, -0.1) is 0 Å². The first-order valence-electron chi connectivity index (χ1n) is 12.6. The van der Waals surface area contributed by atoms with E-state index in [0.29, 0.717) is 17.1 Å². The summed E-state index contributed by atoms with van der Waals surface area (Å²) in [4.78, 5) is 29.1. The number of nitrogens with zero attached hydrogens (tertiary/aromatic N) is 2. The molecule has 1 N–H and O–H groups in total. The first kappa shape index (κ1) is 31.7. The van der Waals surface area contributed by atoms with Crippen LogP contribution in [0.1, 0.15) is 25.0 Å². The first-order valence-corrected chi connectivity index (χ1v) is 15.6. The van der Waals surface area contributed by atoms with E-state index in [1.54, 1.807) is 30.3 Å². The molecule has 3 aromatic carbocycles. The van der Waals surface area contributed by atoms with E-state index in [2.05, 4.69) is 5.32 Å². The second kappa shape index (κ2) is 14.2. The average molecular weight is 625 g/mol. The van der Waals surface area contributed by atoms with E-state index in [0.717, 1.165) is 16.1 Å². The van der Waals surface area contributed by atoms with Crippen molar-refractivity contribution >= 4 is 62.3 Å². The summed E-state index contributed by atoms with van der Waals surface area (Å²) >= 11 is 18.7. The van der Waals surface area contributed by atoms with E-state index in [1.165, 1.54) is 17.0 Å². The molecular formula is C29H32Cl3N3O4S. The van der Waals surface area contributed by atoms with Gasteiger partial charge in [-0.2, -0.15) is 0 Å². The smallest absolute Gasteiger partial charge is 0.244 e. The van der Waals surface area contributed by atoms with Gasteiger partial charge in [-0.05, 0) is 41.3 Å². The van der Waals surface area contributed by atoms with E-state index < -0.39 is 28.5 Å². The molecule has 0 saturated carbocycles. The Morgan fingerprint density at radius 1 is 0.900 bits per heavy atom. The number of halogens is 3. The molecule has 11 heteroatoms.